The van der Waals surface area contributed by atoms with Crippen molar-refractivity contribution in [3.8, 4) is 5.75 Å². The summed E-state index contributed by atoms with van der Waals surface area (Å²) < 4.78 is 0. The van der Waals surface area contributed by atoms with Gasteiger partial charge < -0.3 is 30.9 Å². The minimum absolute atomic E-state index is 0.0272. The molecule has 0 aliphatic heterocycles. The Morgan fingerprint density at radius 3 is 2.52 bits per heavy atom. The number of pyridine rings is 1. The molecule has 0 radical (unpaired) electrons. The average molecular weight is 604 g/mol. The second-order valence-electron chi connectivity index (χ2n) is 12.7. The van der Waals surface area contributed by atoms with E-state index >= 15 is 0 Å². The van der Waals surface area contributed by atoms with Crippen molar-refractivity contribution in [1.29, 1.82) is 0 Å². The highest BCUT2D eigenvalue weighted by Crippen LogP contribution is 2.40. The number of phenols is 1. The van der Waals surface area contributed by atoms with Crippen molar-refractivity contribution < 1.29 is 24.9 Å². The molecule has 1 amide bonds. The van der Waals surface area contributed by atoms with Crippen molar-refractivity contribution in [2.45, 2.75) is 94.6 Å². The second-order valence-corrected chi connectivity index (χ2v) is 12.7. The number of carboxylic acids is 1. The summed E-state index contributed by atoms with van der Waals surface area (Å²) in [7, 11) is 0. The number of rotatable bonds is 12. The highest BCUT2D eigenvalue weighted by atomic mass is 16.4. The first-order chi connectivity index (χ1) is 21.2. The molecule has 2 aliphatic rings. The molecule has 1 atom stereocenters. The van der Waals surface area contributed by atoms with E-state index in [4.69, 9.17) is 0 Å². The number of aromatic nitrogens is 1. The highest BCUT2D eigenvalue weighted by Gasteiger charge is 2.41. The van der Waals surface area contributed by atoms with Crippen LogP contribution in [0.3, 0.4) is 0 Å². The van der Waals surface area contributed by atoms with E-state index in [1.54, 1.807) is 12.1 Å². The van der Waals surface area contributed by atoms with Crippen LogP contribution in [0.4, 0.5) is 0 Å². The van der Waals surface area contributed by atoms with Gasteiger partial charge in [-0.25, -0.2) is 0 Å². The van der Waals surface area contributed by atoms with E-state index in [1.807, 2.05) is 24.3 Å². The van der Waals surface area contributed by atoms with E-state index in [0.717, 1.165) is 75.5 Å². The first-order valence-electron chi connectivity index (χ1n) is 16.1. The summed E-state index contributed by atoms with van der Waals surface area (Å²) in [6.45, 7) is 1.13. The van der Waals surface area contributed by atoms with Crippen LogP contribution in [-0.4, -0.2) is 51.3 Å². The fourth-order valence-corrected chi connectivity index (χ4v) is 7.15. The van der Waals surface area contributed by atoms with Gasteiger partial charge in [0.05, 0.1) is 17.0 Å². The number of hydrogen-bond acceptors (Lipinski definition) is 6. The number of aryl methyl sites for hydroxylation is 1. The summed E-state index contributed by atoms with van der Waals surface area (Å²) in [5, 5.41) is 38.1. The van der Waals surface area contributed by atoms with Crippen LogP contribution in [0.25, 0.3) is 10.9 Å². The van der Waals surface area contributed by atoms with Crippen LogP contribution >= 0.6 is 0 Å². The van der Waals surface area contributed by atoms with E-state index in [1.165, 1.54) is 12.1 Å². The molecular weight excluding hydrogens is 558 g/mol. The molecule has 6 N–H and O–H groups in total. The SMILES string of the molecule is O=C(CCCc1cccc(C2(C(=O)O)CCCCC2)c1)N[C@H]1CC[C@H](CNCC(O)c2ccc(O)c3[nH]c(=O)ccc23)CC1. The number of aliphatic carboxylic acids is 1. The lowest BCUT2D eigenvalue weighted by molar-refractivity contribution is -0.145. The Morgan fingerprint density at radius 1 is 1.00 bits per heavy atom. The summed E-state index contributed by atoms with van der Waals surface area (Å²) in [5.41, 5.74) is 1.88. The summed E-state index contributed by atoms with van der Waals surface area (Å²) in [6, 6.07) is 14.3. The predicted octanol–water partition coefficient (Wildman–Crippen LogP) is 4.84. The van der Waals surface area contributed by atoms with Gasteiger partial charge in [0, 0.05) is 30.5 Å². The normalized spacial score (nSPS) is 20.7. The van der Waals surface area contributed by atoms with Gasteiger partial charge >= 0.3 is 5.97 Å². The molecule has 2 fully saturated rings. The molecule has 1 unspecified atom stereocenters. The number of aromatic amines is 1. The number of phenolic OH excluding ortho intramolecular Hbond substituents is 1. The number of aliphatic hydroxyl groups excluding tert-OH is 1. The summed E-state index contributed by atoms with van der Waals surface area (Å²) in [4.78, 5) is 39.2. The van der Waals surface area contributed by atoms with Crippen LogP contribution in [0.5, 0.6) is 5.75 Å². The number of carboxylic acid groups (broad SMARTS) is 1. The molecule has 5 rings (SSSR count). The van der Waals surface area contributed by atoms with Gasteiger partial charge in [0.25, 0.3) is 0 Å². The molecule has 1 aromatic heterocycles. The minimum Gasteiger partial charge on any atom is -0.506 e. The van der Waals surface area contributed by atoms with Crippen LogP contribution in [-0.2, 0) is 21.4 Å². The zero-order valence-electron chi connectivity index (χ0n) is 25.3. The number of fused-ring (bicyclic) bond motifs is 1. The van der Waals surface area contributed by atoms with Crippen molar-refractivity contribution in [3.63, 3.8) is 0 Å². The van der Waals surface area contributed by atoms with Crippen LogP contribution < -0.4 is 16.2 Å². The van der Waals surface area contributed by atoms with Crippen molar-refractivity contribution in [2.24, 2.45) is 5.92 Å². The standard InChI is InChI=1S/C35H45N3O6/c39-29-16-14-27(28-15-17-32(42)38-33(28)29)30(40)22-36-21-24-10-12-26(13-11-24)37-31(41)9-5-7-23-6-4-8-25(20-23)35(34(43)44)18-2-1-3-19-35/h4,6,8,14-17,20,24,26,30,36,39-40H,1-3,5,7,9-13,18-19,21-22H2,(H,37,41)(H,38,42)(H,43,44)/t24-,26-,30?. The molecule has 44 heavy (non-hydrogen) atoms. The Morgan fingerprint density at radius 2 is 1.77 bits per heavy atom. The Kier molecular flexibility index (Phi) is 10.4. The first-order valence-corrected chi connectivity index (χ1v) is 16.1. The van der Waals surface area contributed by atoms with Gasteiger partial charge in [-0.15, -0.1) is 0 Å². The molecule has 1 heterocycles. The Hall–Kier alpha value is -3.69. The third-order valence-corrected chi connectivity index (χ3v) is 9.71. The fourth-order valence-electron chi connectivity index (χ4n) is 7.15. The van der Waals surface area contributed by atoms with Crippen LogP contribution in [0.1, 0.15) is 93.4 Å². The number of nitrogens with one attached hydrogen (secondary N) is 3. The molecule has 9 nitrogen and oxygen atoms in total. The number of carbonyl (C=O) groups excluding carboxylic acids is 1. The smallest absolute Gasteiger partial charge is 0.314 e. The van der Waals surface area contributed by atoms with Gasteiger partial charge in [-0.1, -0.05) is 49.6 Å². The molecule has 0 bridgehead atoms. The number of amides is 1. The molecule has 9 heteroatoms. The maximum atomic E-state index is 12.7. The topological polar surface area (TPSA) is 152 Å². The monoisotopic (exact) mass is 603 g/mol. The molecule has 3 aromatic rings. The second kappa shape index (κ2) is 14.4. The lowest BCUT2D eigenvalue weighted by atomic mass is 9.69. The quantitative estimate of drug-likeness (QED) is 0.173. The van der Waals surface area contributed by atoms with Gasteiger partial charge in [0.15, 0.2) is 0 Å². The lowest BCUT2D eigenvalue weighted by Crippen LogP contribution is -2.39. The first kappa shape index (κ1) is 31.7. The third-order valence-electron chi connectivity index (χ3n) is 9.71. The Bertz CT molecular complexity index is 1500. The van der Waals surface area contributed by atoms with Gasteiger partial charge in [-0.2, -0.15) is 0 Å². The number of H-pyrrole nitrogens is 1. The average Bonchev–Trinajstić information content (AvgIpc) is 3.02. The van der Waals surface area contributed by atoms with Crippen molar-refractivity contribution in [3.05, 3.63) is 75.6 Å². The zero-order chi connectivity index (χ0) is 31.1. The van der Waals surface area contributed by atoms with E-state index in [-0.39, 0.29) is 23.3 Å². The largest absolute Gasteiger partial charge is 0.506 e. The van der Waals surface area contributed by atoms with E-state index in [9.17, 15) is 29.7 Å². The van der Waals surface area contributed by atoms with Crippen molar-refractivity contribution in [2.75, 3.05) is 13.1 Å². The third kappa shape index (κ3) is 7.50. The molecule has 2 saturated carbocycles. The van der Waals surface area contributed by atoms with E-state index in [2.05, 4.69) is 15.6 Å². The molecule has 0 saturated heterocycles. The summed E-state index contributed by atoms with van der Waals surface area (Å²) >= 11 is 0. The Balaban J connectivity index is 1.01. The molecule has 2 aromatic carbocycles. The zero-order valence-corrected chi connectivity index (χ0v) is 25.3. The molecule has 2 aliphatic carbocycles. The van der Waals surface area contributed by atoms with Crippen LogP contribution in [0.15, 0.2) is 53.3 Å². The number of carbonyl (C=O) groups is 2. The number of hydrogen-bond donors (Lipinski definition) is 6. The predicted molar refractivity (Wildman–Crippen MR) is 170 cm³/mol. The van der Waals surface area contributed by atoms with Crippen molar-refractivity contribution >= 4 is 22.8 Å². The lowest BCUT2D eigenvalue weighted by Gasteiger charge is -2.34. The Labute approximate surface area is 258 Å². The fraction of sp³-hybridized carbons (Fsp3) is 0.514. The number of aliphatic hydroxyl groups is 1. The van der Waals surface area contributed by atoms with E-state index < -0.39 is 17.5 Å². The minimum atomic E-state index is -0.785. The maximum Gasteiger partial charge on any atom is 0.314 e. The molecule has 236 valence electrons. The maximum absolute atomic E-state index is 12.7. The van der Waals surface area contributed by atoms with Gasteiger partial charge in [0.2, 0.25) is 11.5 Å². The molecule has 0 spiro atoms. The summed E-state index contributed by atoms with van der Waals surface area (Å²) in [5.74, 6) is -0.212. The van der Waals surface area contributed by atoms with Gasteiger partial charge in [-0.3, -0.25) is 14.4 Å². The highest BCUT2D eigenvalue weighted by molar-refractivity contribution is 5.87. The van der Waals surface area contributed by atoms with E-state index in [0.29, 0.717) is 48.2 Å². The number of aromatic hydroxyl groups is 1. The van der Waals surface area contributed by atoms with Crippen molar-refractivity contribution in [1.82, 2.24) is 15.6 Å². The van der Waals surface area contributed by atoms with Gasteiger partial charge in [-0.05, 0) is 92.7 Å². The van der Waals surface area contributed by atoms with Crippen LogP contribution in [0, 0.1) is 5.92 Å². The molecular formula is C35H45N3O6. The summed E-state index contributed by atoms with van der Waals surface area (Å²) in [6.07, 6.45) is 9.35. The van der Waals surface area contributed by atoms with Crippen LogP contribution in [0.2, 0.25) is 0 Å². The van der Waals surface area contributed by atoms with Gasteiger partial charge in [0.1, 0.15) is 5.75 Å². The number of benzene rings is 2.